The number of quaternary nitrogens is 1. The quantitative estimate of drug-likeness (QED) is 0.713. The summed E-state index contributed by atoms with van der Waals surface area (Å²) in [5.74, 6) is 0. The molecule has 94 valence electrons. The zero-order valence-electron chi connectivity index (χ0n) is 10.5. The highest BCUT2D eigenvalue weighted by atomic mass is 32.2. The third kappa shape index (κ3) is 8.88. The smallest absolute Gasteiger partial charge is 0.199 e. The van der Waals surface area contributed by atoms with E-state index < -0.39 is 6.10 Å². The second kappa shape index (κ2) is 7.04. The lowest BCUT2D eigenvalue weighted by Gasteiger charge is -2.26. The number of thioether (sulfide) groups is 1. The molecule has 0 bridgehead atoms. The summed E-state index contributed by atoms with van der Waals surface area (Å²) in [5.41, 5.74) is 0. The van der Waals surface area contributed by atoms with Crippen molar-refractivity contribution in [3.05, 3.63) is 0 Å². The van der Waals surface area contributed by atoms with Crippen LogP contribution in [0.1, 0.15) is 26.2 Å². The molecular weight excluding hydrogens is 226 g/mol. The van der Waals surface area contributed by atoms with Gasteiger partial charge in [-0.3, -0.25) is 9.59 Å². The summed E-state index contributed by atoms with van der Waals surface area (Å²) in [6.45, 7) is 2.41. The molecular formula is C11H22NO3S+. The number of hydrogen-bond donors (Lipinski definition) is 1. The highest BCUT2D eigenvalue weighted by Crippen LogP contribution is 2.13. The van der Waals surface area contributed by atoms with E-state index in [4.69, 9.17) is 0 Å². The van der Waals surface area contributed by atoms with Crippen molar-refractivity contribution in [1.29, 1.82) is 0 Å². The molecule has 0 rings (SSSR count). The van der Waals surface area contributed by atoms with Crippen molar-refractivity contribution in [3.63, 3.8) is 0 Å². The molecule has 0 aromatic rings. The molecule has 1 atom stereocenters. The Morgan fingerprint density at radius 2 is 1.81 bits per heavy atom. The zero-order chi connectivity index (χ0) is 12.8. The minimum absolute atomic E-state index is 0.0512. The van der Waals surface area contributed by atoms with E-state index >= 15 is 0 Å². The van der Waals surface area contributed by atoms with Gasteiger partial charge >= 0.3 is 0 Å². The monoisotopic (exact) mass is 248 g/mol. The Balaban J connectivity index is 3.92. The summed E-state index contributed by atoms with van der Waals surface area (Å²) in [7, 11) is 5.84. The van der Waals surface area contributed by atoms with Crippen molar-refractivity contribution >= 4 is 22.0 Å². The Hall–Kier alpha value is -0.390. The molecule has 0 aromatic heterocycles. The van der Waals surface area contributed by atoms with Gasteiger partial charge in [0.1, 0.15) is 12.6 Å². The fourth-order valence-electron chi connectivity index (χ4n) is 1.31. The maximum atomic E-state index is 11.4. The first-order valence-electron chi connectivity index (χ1n) is 5.46. The van der Waals surface area contributed by atoms with E-state index in [-0.39, 0.29) is 16.7 Å². The lowest BCUT2D eigenvalue weighted by molar-refractivity contribution is -0.873. The van der Waals surface area contributed by atoms with E-state index in [1.165, 1.54) is 0 Å². The van der Waals surface area contributed by atoms with Crippen molar-refractivity contribution in [2.24, 2.45) is 0 Å². The second-order valence-corrected chi connectivity index (χ2v) is 6.04. The average molecular weight is 248 g/mol. The van der Waals surface area contributed by atoms with Crippen LogP contribution in [0.3, 0.4) is 0 Å². The molecule has 0 aliphatic carbocycles. The van der Waals surface area contributed by atoms with Crippen LogP contribution in [0.25, 0.3) is 0 Å². The summed E-state index contributed by atoms with van der Waals surface area (Å²) in [6, 6.07) is 0. The van der Waals surface area contributed by atoms with Gasteiger partial charge in [-0.1, -0.05) is 6.92 Å². The molecule has 0 amide bonds. The average Bonchev–Trinajstić information content (AvgIpc) is 1.98. The van der Waals surface area contributed by atoms with Gasteiger partial charge in [0.05, 0.1) is 21.1 Å². The van der Waals surface area contributed by atoms with Crippen LogP contribution in [0.15, 0.2) is 0 Å². The third-order valence-electron chi connectivity index (χ3n) is 1.84. The van der Waals surface area contributed by atoms with E-state index in [0.29, 0.717) is 17.4 Å². The van der Waals surface area contributed by atoms with Crippen LogP contribution >= 0.6 is 11.8 Å². The maximum absolute atomic E-state index is 11.4. The molecule has 0 aliphatic rings. The number of aliphatic hydroxyl groups excluding tert-OH is 1. The highest BCUT2D eigenvalue weighted by molar-refractivity contribution is 8.26. The third-order valence-corrected chi connectivity index (χ3v) is 2.67. The maximum Gasteiger partial charge on any atom is 0.199 e. The molecule has 0 fully saturated rings. The highest BCUT2D eigenvalue weighted by Gasteiger charge is 2.20. The molecule has 4 nitrogen and oxygen atoms in total. The van der Waals surface area contributed by atoms with Gasteiger partial charge in [-0.05, 0) is 18.2 Å². The van der Waals surface area contributed by atoms with Crippen LogP contribution in [-0.4, -0.2) is 53.6 Å². The van der Waals surface area contributed by atoms with Crippen LogP contribution in [0, 0.1) is 0 Å². The van der Waals surface area contributed by atoms with Crippen molar-refractivity contribution in [3.8, 4) is 0 Å². The Labute approximate surface area is 102 Å². The van der Waals surface area contributed by atoms with Gasteiger partial charge in [-0.25, -0.2) is 0 Å². The van der Waals surface area contributed by atoms with Crippen LogP contribution < -0.4 is 0 Å². The normalized spacial score (nSPS) is 13.6. The Bertz CT molecular complexity index is 248. The van der Waals surface area contributed by atoms with Crippen LogP contribution in [-0.2, 0) is 9.59 Å². The molecule has 1 unspecified atom stereocenters. The first-order valence-corrected chi connectivity index (χ1v) is 6.28. The lowest BCUT2D eigenvalue weighted by atomic mass is 10.2. The van der Waals surface area contributed by atoms with Gasteiger partial charge in [0.25, 0.3) is 0 Å². The number of carbonyl (C=O) groups excluding carboxylic acids is 2. The number of likely N-dealkylation sites (N-methyl/N-ethyl adjacent to an activating group) is 1. The molecule has 0 aromatic carbocycles. The Kier molecular flexibility index (Phi) is 6.87. The van der Waals surface area contributed by atoms with E-state index in [9.17, 15) is 14.7 Å². The first kappa shape index (κ1) is 15.6. The van der Waals surface area contributed by atoms with Gasteiger partial charge in [-0.15, -0.1) is 0 Å². The van der Waals surface area contributed by atoms with E-state index in [1.807, 2.05) is 28.1 Å². The molecule has 16 heavy (non-hydrogen) atoms. The molecule has 5 heteroatoms. The predicted octanol–water partition coefficient (Wildman–Crippen LogP) is 1.03. The minimum Gasteiger partial charge on any atom is -0.387 e. The Morgan fingerprint density at radius 1 is 1.25 bits per heavy atom. The predicted molar refractivity (Wildman–Crippen MR) is 66.0 cm³/mol. The largest absolute Gasteiger partial charge is 0.387 e. The summed E-state index contributed by atoms with van der Waals surface area (Å²) in [4.78, 5) is 22.6. The van der Waals surface area contributed by atoms with Gasteiger partial charge in [0.15, 0.2) is 10.2 Å². The summed E-state index contributed by atoms with van der Waals surface area (Å²) >= 11 is 0.734. The van der Waals surface area contributed by atoms with Crippen LogP contribution in [0.2, 0.25) is 0 Å². The Morgan fingerprint density at radius 3 is 2.25 bits per heavy atom. The minimum atomic E-state index is -0.672. The number of carbonyl (C=O) groups is 2. The molecule has 0 saturated carbocycles. The lowest BCUT2D eigenvalue weighted by Crippen LogP contribution is -2.41. The first-order chi connectivity index (χ1) is 7.24. The van der Waals surface area contributed by atoms with Crippen LogP contribution in [0.4, 0.5) is 0 Å². The van der Waals surface area contributed by atoms with E-state index in [2.05, 4.69) is 0 Å². The molecule has 0 spiro atoms. The SMILES string of the molecule is CCCC(=O)SC(=O)CC(O)C[N+](C)(C)C. The molecule has 0 radical (unpaired) electrons. The fourth-order valence-corrected chi connectivity index (χ4v) is 2.15. The summed E-state index contributed by atoms with van der Waals surface area (Å²) in [5, 5.41) is 9.29. The topological polar surface area (TPSA) is 54.4 Å². The van der Waals surface area contributed by atoms with Gasteiger partial charge < -0.3 is 9.59 Å². The number of hydrogen-bond acceptors (Lipinski definition) is 4. The van der Waals surface area contributed by atoms with Crippen LogP contribution in [0.5, 0.6) is 0 Å². The van der Waals surface area contributed by atoms with Crippen molar-refractivity contribution in [2.75, 3.05) is 27.7 Å². The van der Waals surface area contributed by atoms with Gasteiger partial charge in [0, 0.05) is 12.8 Å². The standard InChI is InChI=1S/C11H22NO3S/c1-5-6-10(14)16-11(15)7-9(13)8-12(2,3)4/h9,13H,5-8H2,1-4H3/q+1. The summed E-state index contributed by atoms with van der Waals surface area (Å²) < 4.78 is 0.599. The van der Waals surface area contributed by atoms with Crippen molar-refractivity contribution in [1.82, 2.24) is 0 Å². The summed E-state index contributed by atoms with van der Waals surface area (Å²) in [6.07, 6.45) is 0.548. The molecule has 0 saturated heterocycles. The van der Waals surface area contributed by atoms with E-state index in [1.54, 1.807) is 0 Å². The van der Waals surface area contributed by atoms with Crippen molar-refractivity contribution < 1.29 is 19.2 Å². The van der Waals surface area contributed by atoms with Gasteiger partial charge in [-0.2, -0.15) is 0 Å². The van der Waals surface area contributed by atoms with E-state index in [0.717, 1.165) is 18.2 Å². The number of aliphatic hydroxyl groups is 1. The number of nitrogens with zero attached hydrogens (tertiary/aromatic N) is 1. The molecule has 0 heterocycles. The number of rotatable bonds is 6. The second-order valence-electron chi connectivity index (χ2n) is 4.93. The molecule has 1 N–H and O–H groups in total. The zero-order valence-corrected chi connectivity index (χ0v) is 11.3. The van der Waals surface area contributed by atoms with Crippen molar-refractivity contribution in [2.45, 2.75) is 32.3 Å². The molecule has 0 aliphatic heterocycles. The van der Waals surface area contributed by atoms with Gasteiger partial charge in [0.2, 0.25) is 0 Å². The fraction of sp³-hybridized carbons (Fsp3) is 0.818.